The standard InChI is InChI=1S/C29H26FN3O4/c30-24-5-3-4-23(18-24)20-7-9-21(10-8-20)26(19-28(34)35)32-29(36)22-11-13-25(14-12-22)37-17-16-33-15-2-1-6-27(33)31/h1-15,18,26,31H,16-17,19H2,(H,32,36)(H,34,35). The van der Waals surface area contributed by atoms with Crippen LogP contribution in [0.1, 0.15) is 28.4 Å². The number of hydrogen-bond acceptors (Lipinski definition) is 4. The Labute approximate surface area is 213 Å². The van der Waals surface area contributed by atoms with Crippen molar-refractivity contribution in [2.45, 2.75) is 19.0 Å². The first-order chi connectivity index (χ1) is 17.9. The Balaban J connectivity index is 1.39. The maximum atomic E-state index is 13.6. The number of hydrogen-bond donors (Lipinski definition) is 3. The summed E-state index contributed by atoms with van der Waals surface area (Å²) in [6.07, 6.45) is 1.52. The van der Waals surface area contributed by atoms with E-state index in [4.69, 9.17) is 10.1 Å². The zero-order chi connectivity index (χ0) is 26.2. The smallest absolute Gasteiger partial charge is 0.305 e. The van der Waals surface area contributed by atoms with E-state index in [1.54, 1.807) is 77.4 Å². The van der Waals surface area contributed by atoms with Gasteiger partial charge in [-0.1, -0.05) is 42.5 Å². The van der Waals surface area contributed by atoms with Gasteiger partial charge in [0.2, 0.25) is 0 Å². The van der Waals surface area contributed by atoms with E-state index in [2.05, 4.69) is 5.32 Å². The van der Waals surface area contributed by atoms with Crippen LogP contribution < -0.4 is 15.5 Å². The largest absolute Gasteiger partial charge is 0.492 e. The van der Waals surface area contributed by atoms with Gasteiger partial charge in [-0.05, 0) is 65.2 Å². The molecule has 4 aromatic rings. The molecule has 0 saturated carbocycles. The van der Waals surface area contributed by atoms with Crippen LogP contribution in [0.25, 0.3) is 11.1 Å². The summed E-state index contributed by atoms with van der Waals surface area (Å²) in [6, 6.07) is 24.4. The van der Waals surface area contributed by atoms with Crippen LogP contribution in [0.2, 0.25) is 0 Å². The van der Waals surface area contributed by atoms with Gasteiger partial charge in [0, 0.05) is 11.8 Å². The maximum absolute atomic E-state index is 13.6. The molecule has 1 amide bonds. The maximum Gasteiger partial charge on any atom is 0.305 e. The minimum absolute atomic E-state index is 0.290. The molecule has 0 spiro atoms. The lowest BCUT2D eigenvalue weighted by Crippen LogP contribution is -2.30. The van der Waals surface area contributed by atoms with Crippen molar-refractivity contribution >= 4 is 11.9 Å². The molecular formula is C29H26FN3O4. The van der Waals surface area contributed by atoms with E-state index in [0.29, 0.717) is 41.1 Å². The van der Waals surface area contributed by atoms with Crippen LogP contribution >= 0.6 is 0 Å². The predicted molar refractivity (Wildman–Crippen MR) is 137 cm³/mol. The number of pyridine rings is 1. The monoisotopic (exact) mass is 499 g/mol. The summed E-state index contributed by atoms with van der Waals surface area (Å²) in [6.45, 7) is 0.870. The summed E-state index contributed by atoms with van der Waals surface area (Å²) in [5, 5.41) is 20.0. The lowest BCUT2D eigenvalue weighted by Gasteiger charge is -2.18. The normalized spacial score (nSPS) is 11.5. The van der Waals surface area contributed by atoms with Gasteiger partial charge in [-0.25, -0.2) is 4.39 Å². The second-order valence-corrected chi connectivity index (χ2v) is 8.41. The minimum atomic E-state index is -1.05. The summed E-state index contributed by atoms with van der Waals surface area (Å²) in [5.74, 6) is -1.22. The van der Waals surface area contributed by atoms with Gasteiger partial charge in [0.1, 0.15) is 23.7 Å². The molecule has 0 radical (unpaired) electrons. The van der Waals surface area contributed by atoms with Crippen molar-refractivity contribution in [1.29, 1.82) is 5.41 Å². The fourth-order valence-electron chi connectivity index (χ4n) is 3.88. The number of amides is 1. The summed E-state index contributed by atoms with van der Waals surface area (Å²) in [4.78, 5) is 24.3. The Bertz CT molecular complexity index is 1430. The number of aromatic nitrogens is 1. The van der Waals surface area contributed by atoms with Crippen LogP contribution in [0, 0.1) is 11.2 Å². The number of nitrogens with zero attached hydrogens (tertiary/aromatic N) is 1. The molecule has 0 aliphatic rings. The zero-order valence-electron chi connectivity index (χ0n) is 19.9. The second-order valence-electron chi connectivity index (χ2n) is 8.41. The number of ether oxygens (including phenoxy) is 1. The van der Waals surface area contributed by atoms with Crippen molar-refractivity contribution in [2.75, 3.05) is 6.61 Å². The number of rotatable bonds is 10. The number of aliphatic carboxylic acids is 1. The molecule has 8 heteroatoms. The second kappa shape index (κ2) is 11.8. The van der Waals surface area contributed by atoms with Crippen LogP contribution in [0.3, 0.4) is 0 Å². The van der Waals surface area contributed by atoms with Crippen LogP contribution in [0.4, 0.5) is 4.39 Å². The minimum Gasteiger partial charge on any atom is -0.492 e. The van der Waals surface area contributed by atoms with Crippen LogP contribution in [-0.4, -0.2) is 28.2 Å². The van der Waals surface area contributed by atoms with E-state index in [-0.39, 0.29) is 12.2 Å². The third-order valence-corrected chi connectivity index (χ3v) is 5.81. The van der Waals surface area contributed by atoms with Crippen LogP contribution in [-0.2, 0) is 11.3 Å². The molecule has 1 aromatic heterocycles. The molecule has 4 rings (SSSR count). The van der Waals surface area contributed by atoms with Crippen LogP contribution in [0.15, 0.2) is 97.2 Å². The fourth-order valence-corrected chi connectivity index (χ4v) is 3.88. The Morgan fingerprint density at radius 2 is 1.70 bits per heavy atom. The summed E-state index contributed by atoms with van der Waals surface area (Å²) < 4.78 is 21.0. The van der Waals surface area contributed by atoms with E-state index in [0.717, 1.165) is 5.56 Å². The fraction of sp³-hybridized carbons (Fsp3) is 0.138. The van der Waals surface area contributed by atoms with Crippen molar-refractivity contribution in [2.24, 2.45) is 0 Å². The lowest BCUT2D eigenvalue weighted by molar-refractivity contribution is -0.137. The predicted octanol–water partition coefficient (Wildman–Crippen LogP) is 4.80. The lowest BCUT2D eigenvalue weighted by atomic mass is 9.98. The molecule has 0 bridgehead atoms. The van der Waals surface area contributed by atoms with Gasteiger partial charge >= 0.3 is 5.97 Å². The third kappa shape index (κ3) is 6.91. The Kier molecular flexibility index (Phi) is 8.10. The molecule has 0 saturated heterocycles. The van der Waals surface area contributed by atoms with Gasteiger partial charge in [0.25, 0.3) is 5.91 Å². The molecule has 0 fully saturated rings. The highest BCUT2D eigenvalue weighted by atomic mass is 19.1. The van der Waals surface area contributed by atoms with Crippen LogP contribution in [0.5, 0.6) is 5.75 Å². The van der Waals surface area contributed by atoms with Crippen molar-refractivity contribution in [1.82, 2.24) is 9.88 Å². The quantitative estimate of drug-likeness (QED) is 0.292. The van der Waals surface area contributed by atoms with Crippen molar-refractivity contribution in [3.63, 3.8) is 0 Å². The topological polar surface area (TPSA) is 104 Å². The van der Waals surface area contributed by atoms with E-state index in [1.165, 1.54) is 12.1 Å². The average Bonchev–Trinajstić information content (AvgIpc) is 2.89. The molecule has 7 nitrogen and oxygen atoms in total. The number of nitrogens with one attached hydrogen (secondary N) is 2. The molecule has 1 atom stereocenters. The molecule has 3 aromatic carbocycles. The zero-order valence-corrected chi connectivity index (χ0v) is 19.9. The highest BCUT2D eigenvalue weighted by Gasteiger charge is 2.19. The first-order valence-electron chi connectivity index (χ1n) is 11.7. The summed E-state index contributed by atoms with van der Waals surface area (Å²) in [7, 11) is 0. The average molecular weight is 500 g/mol. The number of carboxylic acid groups (broad SMARTS) is 1. The molecule has 3 N–H and O–H groups in total. The van der Waals surface area contributed by atoms with Gasteiger partial charge in [0.15, 0.2) is 0 Å². The molecule has 188 valence electrons. The Hall–Kier alpha value is -4.72. The number of carboxylic acids is 1. The van der Waals surface area contributed by atoms with E-state index in [9.17, 15) is 19.1 Å². The number of carbonyl (C=O) groups excluding carboxylic acids is 1. The highest BCUT2D eigenvalue weighted by Crippen LogP contribution is 2.24. The number of benzene rings is 3. The first kappa shape index (κ1) is 25.4. The Morgan fingerprint density at radius 1 is 0.946 bits per heavy atom. The van der Waals surface area contributed by atoms with Gasteiger partial charge in [-0.15, -0.1) is 0 Å². The Morgan fingerprint density at radius 3 is 2.38 bits per heavy atom. The van der Waals surface area contributed by atoms with Gasteiger partial charge in [0.05, 0.1) is 19.0 Å². The van der Waals surface area contributed by atoms with E-state index >= 15 is 0 Å². The van der Waals surface area contributed by atoms with Gasteiger partial charge < -0.3 is 19.7 Å². The van der Waals surface area contributed by atoms with E-state index < -0.39 is 17.9 Å². The van der Waals surface area contributed by atoms with Crippen molar-refractivity contribution in [3.05, 3.63) is 120 Å². The summed E-state index contributed by atoms with van der Waals surface area (Å²) >= 11 is 0. The number of halogens is 1. The van der Waals surface area contributed by atoms with Gasteiger partial charge in [-0.2, -0.15) is 0 Å². The molecule has 0 aliphatic heterocycles. The highest BCUT2D eigenvalue weighted by molar-refractivity contribution is 5.94. The summed E-state index contributed by atoms with van der Waals surface area (Å²) in [5.41, 5.74) is 2.87. The third-order valence-electron chi connectivity index (χ3n) is 5.81. The molecular weight excluding hydrogens is 473 g/mol. The SMILES string of the molecule is N=c1ccccn1CCOc1ccc(C(=O)NC(CC(=O)O)c2ccc(-c3cccc(F)c3)cc2)cc1. The molecule has 37 heavy (non-hydrogen) atoms. The first-order valence-corrected chi connectivity index (χ1v) is 11.7. The van der Waals surface area contributed by atoms with E-state index in [1.807, 2.05) is 12.3 Å². The number of carbonyl (C=O) groups is 2. The van der Waals surface area contributed by atoms with Gasteiger partial charge in [-0.3, -0.25) is 15.0 Å². The molecule has 0 aliphatic carbocycles. The van der Waals surface area contributed by atoms with Crippen molar-refractivity contribution in [3.8, 4) is 16.9 Å². The van der Waals surface area contributed by atoms with Crippen molar-refractivity contribution < 1.29 is 23.8 Å². The molecule has 1 heterocycles. The molecule has 1 unspecified atom stereocenters.